The van der Waals surface area contributed by atoms with Crippen LogP contribution in [0.2, 0.25) is 0 Å². The van der Waals surface area contributed by atoms with Gasteiger partial charge in [-0.15, -0.1) is 0 Å². The van der Waals surface area contributed by atoms with Crippen molar-refractivity contribution in [2.75, 3.05) is 13.2 Å². The van der Waals surface area contributed by atoms with Gasteiger partial charge in [-0.05, 0) is 25.3 Å². The zero-order valence-corrected chi connectivity index (χ0v) is 14.4. The standard InChI is InChI=1S/C19H28N2O2/c1-4-23-15-12-19(20,17(15,2)3)16(22)21-13-18(10-11-18)14-8-6-5-7-9-14/h5-9,15H,4,10-13,20H2,1-3H3,(H,21,22). The van der Waals surface area contributed by atoms with Crippen molar-refractivity contribution in [1.82, 2.24) is 5.32 Å². The van der Waals surface area contributed by atoms with E-state index < -0.39 is 5.54 Å². The predicted octanol–water partition coefficient (Wildman–Crippen LogP) is 2.37. The third-order valence-electron chi connectivity index (χ3n) is 6.06. The molecule has 2 aliphatic rings. The van der Waals surface area contributed by atoms with Crippen molar-refractivity contribution >= 4 is 5.91 Å². The lowest BCUT2D eigenvalue weighted by Crippen LogP contribution is -2.76. The second-order valence-corrected chi connectivity index (χ2v) is 7.67. The normalized spacial score (nSPS) is 30.3. The van der Waals surface area contributed by atoms with E-state index in [4.69, 9.17) is 10.5 Å². The lowest BCUT2D eigenvalue weighted by atomic mass is 9.54. The second kappa shape index (κ2) is 5.60. The summed E-state index contributed by atoms with van der Waals surface area (Å²) >= 11 is 0. The number of hydrogen-bond acceptors (Lipinski definition) is 3. The smallest absolute Gasteiger partial charge is 0.240 e. The minimum absolute atomic E-state index is 0.0411. The fourth-order valence-electron chi connectivity index (χ4n) is 3.74. The van der Waals surface area contributed by atoms with E-state index in [0.717, 1.165) is 12.8 Å². The SMILES string of the molecule is CCOC1CC(N)(C(=O)NCC2(c3ccccc3)CC2)C1(C)C. The molecule has 2 atom stereocenters. The number of benzene rings is 1. The molecule has 126 valence electrons. The van der Waals surface area contributed by atoms with Crippen LogP contribution in [0.15, 0.2) is 30.3 Å². The summed E-state index contributed by atoms with van der Waals surface area (Å²) in [6.07, 6.45) is 2.91. The van der Waals surface area contributed by atoms with Crippen molar-refractivity contribution in [3.8, 4) is 0 Å². The Bertz CT molecular complexity index is 580. The average Bonchev–Trinajstić information content (AvgIpc) is 3.34. The fraction of sp³-hybridized carbons (Fsp3) is 0.632. The molecule has 2 fully saturated rings. The second-order valence-electron chi connectivity index (χ2n) is 7.67. The quantitative estimate of drug-likeness (QED) is 0.847. The van der Waals surface area contributed by atoms with Crippen LogP contribution in [0, 0.1) is 5.41 Å². The van der Waals surface area contributed by atoms with Gasteiger partial charge in [-0.3, -0.25) is 4.79 Å². The van der Waals surface area contributed by atoms with Gasteiger partial charge in [-0.25, -0.2) is 0 Å². The first kappa shape index (κ1) is 16.5. The van der Waals surface area contributed by atoms with Gasteiger partial charge in [-0.1, -0.05) is 44.2 Å². The summed E-state index contributed by atoms with van der Waals surface area (Å²) in [5, 5.41) is 3.13. The van der Waals surface area contributed by atoms with Crippen LogP contribution in [0.25, 0.3) is 0 Å². The summed E-state index contributed by atoms with van der Waals surface area (Å²) in [6, 6.07) is 10.4. The Morgan fingerprint density at radius 3 is 2.48 bits per heavy atom. The van der Waals surface area contributed by atoms with E-state index in [-0.39, 0.29) is 22.8 Å². The lowest BCUT2D eigenvalue weighted by Gasteiger charge is -2.57. The van der Waals surface area contributed by atoms with Gasteiger partial charge >= 0.3 is 0 Å². The number of ether oxygens (including phenoxy) is 1. The van der Waals surface area contributed by atoms with E-state index in [2.05, 4.69) is 29.6 Å². The molecule has 3 N–H and O–H groups in total. The highest BCUT2D eigenvalue weighted by molar-refractivity contribution is 5.89. The van der Waals surface area contributed by atoms with Gasteiger partial charge in [0.2, 0.25) is 5.91 Å². The minimum Gasteiger partial charge on any atom is -0.378 e. The molecule has 0 saturated heterocycles. The van der Waals surface area contributed by atoms with Gasteiger partial charge < -0.3 is 15.8 Å². The third kappa shape index (κ3) is 2.58. The number of nitrogens with two attached hydrogens (primary N) is 1. The molecule has 1 amide bonds. The summed E-state index contributed by atoms with van der Waals surface area (Å²) in [4.78, 5) is 12.7. The molecule has 2 unspecified atom stereocenters. The first-order valence-corrected chi connectivity index (χ1v) is 8.60. The molecule has 2 aliphatic carbocycles. The van der Waals surface area contributed by atoms with Crippen LogP contribution in [0.3, 0.4) is 0 Å². The summed E-state index contributed by atoms with van der Waals surface area (Å²) in [6.45, 7) is 7.36. The molecule has 4 nitrogen and oxygen atoms in total. The average molecular weight is 316 g/mol. The molecule has 1 aromatic carbocycles. The van der Waals surface area contributed by atoms with Crippen LogP contribution in [0.4, 0.5) is 0 Å². The van der Waals surface area contributed by atoms with Gasteiger partial charge in [0, 0.05) is 30.4 Å². The van der Waals surface area contributed by atoms with Crippen LogP contribution >= 0.6 is 0 Å². The topological polar surface area (TPSA) is 64.3 Å². The van der Waals surface area contributed by atoms with Crippen LogP contribution in [-0.2, 0) is 14.9 Å². The summed E-state index contributed by atoms with van der Waals surface area (Å²) < 4.78 is 5.71. The number of nitrogens with one attached hydrogen (secondary N) is 1. The van der Waals surface area contributed by atoms with Gasteiger partial charge in [0.25, 0.3) is 0 Å². The Morgan fingerprint density at radius 1 is 1.30 bits per heavy atom. The van der Waals surface area contributed by atoms with Crippen LogP contribution in [0.1, 0.15) is 45.6 Å². The predicted molar refractivity (Wildman–Crippen MR) is 91.1 cm³/mol. The number of rotatable bonds is 6. The van der Waals surface area contributed by atoms with E-state index in [1.807, 2.05) is 26.8 Å². The molecule has 4 heteroatoms. The van der Waals surface area contributed by atoms with Crippen molar-refractivity contribution in [2.45, 2.75) is 57.1 Å². The van der Waals surface area contributed by atoms with Crippen molar-refractivity contribution < 1.29 is 9.53 Å². The first-order chi connectivity index (χ1) is 10.9. The third-order valence-corrected chi connectivity index (χ3v) is 6.06. The number of amides is 1. The molecule has 0 aliphatic heterocycles. The van der Waals surface area contributed by atoms with E-state index >= 15 is 0 Å². The maximum atomic E-state index is 12.7. The Balaban J connectivity index is 1.63. The first-order valence-electron chi connectivity index (χ1n) is 8.60. The molecular weight excluding hydrogens is 288 g/mol. The molecule has 1 aromatic rings. The maximum Gasteiger partial charge on any atom is 0.240 e. The highest BCUT2D eigenvalue weighted by atomic mass is 16.5. The Morgan fingerprint density at radius 2 is 1.96 bits per heavy atom. The lowest BCUT2D eigenvalue weighted by molar-refractivity contribution is -0.170. The van der Waals surface area contributed by atoms with Crippen LogP contribution in [0.5, 0.6) is 0 Å². The van der Waals surface area contributed by atoms with E-state index in [9.17, 15) is 4.79 Å². The molecule has 0 aromatic heterocycles. The number of hydrogen-bond donors (Lipinski definition) is 2. The fourth-order valence-corrected chi connectivity index (χ4v) is 3.74. The van der Waals surface area contributed by atoms with Gasteiger partial charge in [0.1, 0.15) is 5.54 Å². The summed E-state index contributed by atoms with van der Waals surface area (Å²) in [5.41, 5.74) is 6.69. The molecule has 0 bridgehead atoms. The zero-order valence-electron chi connectivity index (χ0n) is 14.4. The highest BCUT2D eigenvalue weighted by Gasteiger charge is 2.63. The van der Waals surface area contributed by atoms with Crippen molar-refractivity contribution in [3.63, 3.8) is 0 Å². The molecule has 23 heavy (non-hydrogen) atoms. The molecule has 2 saturated carbocycles. The van der Waals surface area contributed by atoms with E-state index in [1.165, 1.54) is 5.56 Å². The highest BCUT2D eigenvalue weighted by Crippen LogP contribution is 2.51. The molecule has 0 heterocycles. The van der Waals surface area contributed by atoms with Crippen molar-refractivity contribution in [3.05, 3.63) is 35.9 Å². The van der Waals surface area contributed by atoms with Crippen molar-refractivity contribution in [2.24, 2.45) is 11.1 Å². The van der Waals surface area contributed by atoms with Gasteiger partial charge in [0.15, 0.2) is 0 Å². The zero-order chi connectivity index (χ0) is 16.7. The Kier molecular flexibility index (Phi) is 4.01. The van der Waals surface area contributed by atoms with Gasteiger partial charge in [-0.2, -0.15) is 0 Å². The number of carbonyl (C=O) groups is 1. The molecular formula is C19H28N2O2. The summed E-state index contributed by atoms with van der Waals surface area (Å²) in [7, 11) is 0. The van der Waals surface area contributed by atoms with Crippen LogP contribution in [-0.4, -0.2) is 30.7 Å². The Hall–Kier alpha value is -1.39. The maximum absolute atomic E-state index is 12.7. The van der Waals surface area contributed by atoms with Crippen molar-refractivity contribution in [1.29, 1.82) is 0 Å². The molecule has 0 radical (unpaired) electrons. The largest absolute Gasteiger partial charge is 0.378 e. The minimum atomic E-state index is -0.834. The summed E-state index contributed by atoms with van der Waals surface area (Å²) in [5.74, 6) is -0.0411. The van der Waals surface area contributed by atoms with Gasteiger partial charge in [0.05, 0.1) is 6.10 Å². The molecule has 0 spiro atoms. The van der Waals surface area contributed by atoms with E-state index in [1.54, 1.807) is 0 Å². The monoisotopic (exact) mass is 316 g/mol. The number of carbonyl (C=O) groups excluding carboxylic acids is 1. The van der Waals surface area contributed by atoms with Crippen LogP contribution < -0.4 is 11.1 Å². The van der Waals surface area contributed by atoms with E-state index in [0.29, 0.717) is 19.6 Å². The Labute approximate surface area is 138 Å². The molecule has 3 rings (SSSR count).